The quantitative estimate of drug-likeness (QED) is 0.882. The number of nitrogens with zero attached hydrogens (tertiary/aromatic N) is 1. The molecule has 0 spiro atoms. The average Bonchev–Trinajstić information content (AvgIpc) is 2.54. The summed E-state index contributed by atoms with van der Waals surface area (Å²) in [6, 6.07) is 4.92. The van der Waals surface area contributed by atoms with Gasteiger partial charge in [-0.15, -0.1) is 0 Å². The summed E-state index contributed by atoms with van der Waals surface area (Å²) in [7, 11) is 1.50. The van der Waals surface area contributed by atoms with Gasteiger partial charge in [0.05, 0.1) is 26.4 Å². The summed E-state index contributed by atoms with van der Waals surface area (Å²) in [5, 5.41) is 9.10. The molecule has 0 bridgehead atoms. The van der Waals surface area contributed by atoms with Crippen LogP contribution in [-0.2, 0) is 9.53 Å². The average molecular weight is 323 g/mol. The van der Waals surface area contributed by atoms with Crippen molar-refractivity contribution in [3.8, 4) is 11.5 Å². The van der Waals surface area contributed by atoms with Crippen molar-refractivity contribution in [2.45, 2.75) is 26.1 Å². The molecule has 0 saturated carbocycles. The number of carboxylic acid groups (broad SMARTS) is 1. The van der Waals surface area contributed by atoms with Crippen molar-refractivity contribution < 1.29 is 28.9 Å². The standard InChI is InChI=1S/C16H21NO6/c1-4-22-12-6-5-11(7-13(12)21-3)15(18)17-8-10(2)23-14(9-17)16(19)20/h5-7,10,14H,4,8-9H2,1-3H3,(H,19,20)/t10-,14?/m1/s1. The topological polar surface area (TPSA) is 85.3 Å². The van der Waals surface area contributed by atoms with E-state index in [9.17, 15) is 9.59 Å². The van der Waals surface area contributed by atoms with Crippen molar-refractivity contribution in [1.29, 1.82) is 0 Å². The van der Waals surface area contributed by atoms with Crippen molar-refractivity contribution >= 4 is 11.9 Å². The molecule has 1 aliphatic heterocycles. The fraction of sp³-hybridized carbons (Fsp3) is 0.500. The third-order valence-corrected chi connectivity index (χ3v) is 3.53. The number of amides is 1. The van der Waals surface area contributed by atoms with E-state index < -0.39 is 12.1 Å². The molecule has 1 amide bonds. The Morgan fingerprint density at radius 3 is 2.70 bits per heavy atom. The molecule has 1 fully saturated rings. The fourth-order valence-electron chi connectivity index (χ4n) is 2.51. The molecule has 1 saturated heterocycles. The van der Waals surface area contributed by atoms with E-state index in [-0.39, 0.29) is 18.6 Å². The predicted molar refractivity (Wildman–Crippen MR) is 82.0 cm³/mol. The van der Waals surface area contributed by atoms with Crippen LogP contribution in [0.25, 0.3) is 0 Å². The van der Waals surface area contributed by atoms with Crippen LogP contribution in [0.15, 0.2) is 18.2 Å². The summed E-state index contributed by atoms with van der Waals surface area (Å²) in [4.78, 5) is 25.2. The number of carbonyl (C=O) groups excluding carboxylic acids is 1. The minimum Gasteiger partial charge on any atom is -0.493 e. The Labute approximate surface area is 134 Å². The molecule has 23 heavy (non-hydrogen) atoms. The Morgan fingerprint density at radius 2 is 2.09 bits per heavy atom. The second-order valence-corrected chi connectivity index (χ2v) is 5.28. The van der Waals surface area contributed by atoms with E-state index in [4.69, 9.17) is 19.3 Å². The van der Waals surface area contributed by atoms with E-state index in [0.717, 1.165) is 0 Å². The first kappa shape index (κ1) is 17.1. The van der Waals surface area contributed by atoms with Gasteiger partial charge in [-0.2, -0.15) is 0 Å². The number of ether oxygens (including phenoxy) is 3. The second kappa shape index (κ2) is 7.32. The number of carboxylic acids is 1. The Hall–Kier alpha value is -2.28. The fourth-order valence-corrected chi connectivity index (χ4v) is 2.51. The van der Waals surface area contributed by atoms with Crippen LogP contribution in [0.2, 0.25) is 0 Å². The number of methoxy groups -OCH3 is 1. The minimum atomic E-state index is -1.07. The Balaban J connectivity index is 2.20. The van der Waals surface area contributed by atoms with Crippen LogP contribution in [0.5, 0.6) is 11.5 Å². The third-order valence-electron chi connectivity index (χ3n) is 3.53. The zero-order valence-corrected chi connectivity index (χ0v) is 13.4. The zero-order chi connectivity index (χ0) is 17.0. The highest BCUT2D eigenvalue weighted by molar-refractivity contribution is 5.95. The van der Waals surface area contributed by atoms with Gasteiger partial charge in [0.15, 0.2) is 17.6 Å². The molecule has 0 aliphatic carbocycles. The lowest BCUT2D eigenvalue weighted by Gasteiger charge is -2.35. The first-order valence-electron chi connectivity index (χ1n) is 7.44. The lowest BCUT2D eigenvalue weighted by molar-refractivity contribution is -0.160. The molecule has 1 unspecified atom stereocenters. The number of benzene rings is 1. The summed E-state index contributed by atoms with van der Waals surface area (Å²) < 4.78 is 16.0. The van der Waals surface area contributed by atoms with E-state index in [0.29, 0.717) is 30.2 Å². The van der Waals surface area contributed by atoms with E-state index in [2.05, 4.69) is 0 Å². The molecule has 2 atom stereocenters. The van der Waals surface area contributed by atoms with Crippen molar-refractivity contribution in [1.82, 2.24) is 4.90 Å². The van der Waals surface area contributed by atoms with Crippen LogP contribution < -0.4 is 9.47 Å². The van der Waals surface area contributed by atoms with Gasteiger partial charge < -0.3 is 24.2 Å². The summed E-state index contributed by atoms with van der Waals surface area (Å²) in [6.45, 7) is 4.46. The maximum absolute atomic E-state index is 12.6. The maximum Gasteiger partial charge on any atom is 0.334 e. The van der Waals surface area contributed by atoms with Gasteiger partial charge in [0.2, 0.25) is 0 Å². The smallest absolute Gasteiger partial charge is 0.334 e. The van der Waals surface area contributed by atoms with Crippen molar-refractivity contribution in [3.05, 3.63) is 23.8 Å². The Morgan fingerprint density at radius 1 is 1.35 bits per heavy atom. The molecular weight excluding hydrogens is 302 g/mol. The number of hydrogen-bond donors (Lipinski definition) is 1. The molecule has 0 aromatic heterocycles. The molecule has 1 aromatic rings. The number of carbonyl (C=O) groups is 2. The summed E-state index contributed by atoms with van der Waals surface area (Å²) in [5.41, 5.74) is 0.420. The van der Waals surface area contributed by atoms with Crippen LogP contribution in [0.4, 0.5) is 0 Å². The first-order valence-corrected chi connectivity index (χ1v) is 7.44. The largest absolute Gasteiger partial charge is 0.493 e. The van der Waals surface area contributed by atoms with Gasteiger partial charge in [-0.3, -0.25) is 4.79 Å². The summed E-state index contributed by atoms with van der Waals surface area (Å²) in [6.07, 6.45) is -1.34. The highest BCUT2D eigenvalue weighted by atomic mass is 16.5. The minimum absolute atomic E-state index is 0.0219. The molecule has 0 radical (unpaired) electrons. The molecule has 7 heteroatoms. The molecule has 2 rings (SSSR count). The van der Waals surface area contributed by atoms with Crippen LogP contribution >= 0.6 is 0 Å². The molecule has 1 N–H and O–H groups in total. The summed E-state index contributed by atoms with van der Waals surface area (Å²) in [5.74, 6) is -0.300. The second-order valence-electron chi connectivity index (χ2n) is 5.28. The number of morpholine rings is 1. The first-order chi connectivity index (χ1) is 11.0. The van der Waals surface area contributed by atoms with Crippen molar-refractivity contribution in [3.63, 3.8) is 0 Å². The van der Waals surface area contributed by atoms with E-state index in [1.165, 1.54) is 12.0 Å². The van der Waals surface area contributed by atoms with Gasteiger partial charge in [-0.1, -0.05) is 0 Å². The molecule has 1 aromatic carbocycles. The lowest BCUT2D eigenvalue weighted by atomic mass is 10.1. The lowest BCUT2D eigenvalue weighted by Crippen LogP contribution is -2.51. The summed E-state index contributed by atoms with van der Waals surface area (Å²) >= 11 is 0. The van der Waals surface area contributed by atoms with Crippen LogP contribution in [-0.4, -0.2) is 60.9 Å². The molecule has 1 heterocycles. The normalized spacial score (nSPS) is 20.9. The van der Waals surface area contributed by atoms with E-state index in [1.54, 1.807) is 25.1 Å². The van der Waals surface area contributed by atoms with Gasteiger partial charge in [0.25, 0.3) is 5.91 Å². The Bertz CT molecular complexity index is 588. The van der Waals surface area contributed by atoms with Gasteiger partial charge in [0.1, 0.15) is 0 Å². The monoisotopic (exact) mass is 323 g/mol. The molecule has 126 valence electrons. The van der Waals surface area contributed by atoms with Crippen molar-refractivity contribution in [2.24, 2.45) is 0 Å². The van der Waals surface area contributed by atoms with Crippen LogP contribution in [0, 0.1) is 0 Å². The Kier molecular flexibility index (Phi) is 5.44. The zero-order valence-electron chi connectivity index (χ0n) is 13.4. The number of rotatable bonds is 5. The van der Waals surface area contributed by atoms with Gasteiger partial charge in [0, 0.05) is 12.1 Å². The van der Waals surface area contributed by atoms with Gasteiger partial charge in [-0.25, -0.2) is 4.79 Å². The molecular formula is C16H21NO6. The van der Waals surface area contributed by atoms with Crippen LogP contribution in [0.3, 0.4) is 0 Å². The van der Waals surface area contributed by atoms with Gasteiger partial charge >= 0.3 is 5.97 Å². The molecule has 7 nitrogen and oxygen atoms in total. The SMILES string of the molecule is CCOc1ccc(C(=O)N2CC(C(=O)O)O[C@H](C)C2)cc1OC. The van der Waals surface area contributed by atoms with E-state index >= 15 is 0 Å². The predicted octanol–water partition coefficient (Wildman–Crippen LogP) is 1.41. The molecule has 1 aliphatic rings. The maximum atomic E-state index is 12.6. The van der Waals surface area contributed by atoms with Crippen molar-refractivity contribution in [2.75, 3.05) is 26.8 Å². The van der Waals surface area contributed by atoms with E-state index in [1.807, 2.05) is 6.92 Å². The highest BCUT2D eigenvalue weighted by Crippen LogP contribution is 2.29. The number of aliphatic carboxylic acids is 1. The van der Waals surface area contributed by atoms with Gasteiger partial charge in [-0.05, 0) is 32.0 Å². The highest BCUT2D eigenvalue weighted by Gasteiger charge is 2.33. The van der Waals surface area contributed by atoms with Crippen LogP contribution in [0.1, 0.15) is 24.2 Å². The third kappa shape index (κ3) is 3.92. The number of hydrogen-bond acceptors (Lipinski definition) is 5.